The number of aryl methyl sites for hydroxylation is 1. The van der Waals surface area contributed by atoms with Crippen molar-refractivity contribution in [2.75, 3.05) is 5.32 Å². The zero-order chi connectivity index (χ0) is 17.7. The molecule has 1 unspecified atom stereocenters. The summed E-state index contributed by atoms with van der Waals surface area (Å²) in [6.07, 6.45) is 0.687. The molecule has 0 aromatic heterocycles. The first-order valence-electron chi connectivity index (χ1n) is 7.83. The van der Waals surface area contributed by atoms with Gasteiger partial charge in [0.05, 0.1) is 4.90 Å². The molecule has 5 nitrogen and oxygen atoms in total. The molecule has 2 rings (SSSR count). The normalized spacial score (nSPS) is 12.6. The minimum absolute atomic E-state index is 0.0835. The molecule has 1 atom stereocenters. The lowest BCUT2D eigenvalue weighted by Gasteiger charge is -2.13. The van der Waals surface area contributed by atoms with Crippen molar-refractivity contribution in [2.45, 2.75) is 38.1 Å². The minimum atomic E-state index is -3.64. The first-order valence-corrected chi connectivity index (χ1v) is 9.31. The van der Waals surface area contributed by atoms with Crippen LogP contribution in [0.2, 0.25) is 0 Å². The van der Waals surface area contributed by atoms with Crippen LogP contribution in [0.25, 0.3) is 0 Å². The molecule has 0 aliphatic rings. The Morgan fingerprint density at radius 2 is 1.83 bits per heavy atom. The van der Waals surface area contributed by atoms with Crippen molar-refractivity contribution in [2.24, 2.45) is 0 Å². The number of hydrogen-bond acceptors (Lipinski definition) is 3. The van der Waals surface area contributed by atoms with Crippen LogP contribution in [0.4, 0.5) is 5.69 Å². The summed E-state index contributed by atoms with van der Waals surface area (Å²) >= 11 is 0. The molecule has 2 aromatic rings. The SMILES string of the molecule is CCC(C)NS(=O)(=O)c1cccc(C(=O)Nc2ccccc2C)c1. The summed E-state index contributed by atoms with van der Waals surface area (Å²) in [4.78, 5) is 12.5. The van der Waals surface area contributed by atoms with Crippen LogP contribution in [-0.4, -0.2) is 20.4 Å². The Bertz CT molecular complexity index is 832. The number of carbonyl (C=O) groups excluding carboxylic acids is 1. The van der Waals surface area contributed by atoms with Crippen molar-refractivity contribution in [3.63, 3.8) is 0 Å². The molecule has 128 valence electrons. The van der Waals surface area contributed by atoms with E-state index in [-0.39, 0.29) is 16.8 Å². The van der Waals surface area contributed by atoms with Gasteiger partial charge in [0.15, 0.2) is 0 Å². The molecule has 0 saturated heterocycles. The molecule has 2 aromatic carbocycles. The average molecular weight is 346 g/mol. The van der Waals surface area contributed by atoms with Crippen LogP contribution in [0.15, 0.2) is 53.4 Å². The van der Waals surface area contributed by atoms with Gasteiger partial charge in [-0.3, -0.25) is 4.79 Å². The molecule has 0 spiro atoms. The third-order valence-corrected chi connectivity index (χ3v) is 5.36. The summed E-state index contributed by atoms with van der Waals surface area (Å²) in [7, 11) is -3.64. The fourth-order valence-electron chi connectivity index (χ4n) is 2.13. The fourth-order valence-corrected chi connectivity index (χ4v) is 3.50. The molecule has 0 heterocycles. The Balaban J connectivity index is 2.24. The third kappa shape index (κ3) is 4.43. The van der Waals surface area contributed by atoms with E-state index in [2.05, 4.69) is 10.0 Å². The van der Waals surface area contributed by atoms with E-state index in [4.69, 9.17) is 0 Å². The molecule has 24 heavy (non-hydrogen) atoms. The molecule has 0 radical (unpaired) electrons. The Morgan fingerprint density at radius 1 is 1.12 bits per heavy atom. The van der Waals surface area contributed by atoms with E-state index < -0.39 is 10.0 Å². The zero-order valence-corrected chi connectivity index (χ0v) is 14.9. The fraction of sp³-hybridized carbons (Fsp3) is 0.278. The molecular formula is C18H22N2O3S. The van der Waals surface area contributed by atoms with Gasteiger partial charge in [-0.2, -0.15) is 0 Å². The predicted molar refractivity (Wildman–Crippen MR) is 95.6 cm³/mol. The number of para-hydroxylation sites is 1. The van der Waals surface area contributed by atoms with Gasteiger partial charge in [-0.25, -0.2) is 13.1 Å². The van der Waals surface area contributed by atoms with E-state index in [1.165, 1.54) is 12.1 Å². The summed E-state index contributed by atoms with van der Waals surface area (Å²) in [5.74, 6) is -0.343. The number of amides is 1. The highest BCUT2D eigenvalue weighted by Crippen LogP contribution is 2.17. The maximum Gasteiger partial charge on any atom is 0.255 e. The number of sulfonamides is 1. The average Bonchev–Trinajstić information content (AvgIpc) is 2.56. The standard InChI is InChI=1S/C18H22N2O3S/c1-4-14(3)20-24(22,23)16-10-7-9-15(12-16)18(21)19-17-11-6-5-8-13(17)2/h5-12,14,20H,4H2,1-3H3,(H,19,21). The van der Waals surface area contributed by atoms with Gasteiger partial charge >= 0.3 is 0 Å². The molecule has 6 heteroatoms. The Labute approximate surface area is 143 Å². The van der Waals surface area contributed by atoms with Crippen molar-refractivity contribution >= 4 is 21.6 Å². The van der Waals surface area contributed by atoms with E-state index >= 15 is 0 Å². The van der Waals surface area contributed by atoms with E-state index in [1.54, 1.807) is 25.1 Å². The van der Waals surface area contributed by atoms with Crippen LogP contribution >= 0.6 is 0 Å². The molecule has 0 fully saturated rings. The van der Waals surface area contributed by atoms with Crippen molar-refractivity contribution in [1.82, 2.24) is 4.72 Å². The number of carbonyl (C=O) groups is 1. The Hall–Kier alpha value is -2.18. The lowest BCUT2D eigenvalue weighted by Crippen LogP contribution is -2.32. The molecule has 0 aliphatic carbocycles. The third-order valence-electron chi connectivity index (χ3n) is 3.77. The van der Waals surface area contributed by atoms with E-state index in [1.807, 2.05) is 32.0 Å². The van der Waals surface area contributed by atoms with Crippen LogP contribution < -0.4 is 10.0 Å². The van der Waals surface area contributed by atoms with Gasteiger partial charge in [0.2, 0.25) is 10.0 Å². The number of nitrogens with one attached hydrogen (secondary N) is 2. The molecule has 0 bridgehead atoms. The topological polar surface area (TPSA) is 75.3 Å². The highest BCUT2D eigenvalue weighted by Gasteiger charge is 2.18. The van der Waals surface area contributed by atoms with Gasteiger partial charge in [0.25, 0.3) is 5.91 Å². The number of benzene rings is 2. The van der Waals surface area contributed by atoms with Gasteiger partial charge in [0, 0.05) is 17.3 Å². The largest absolute Gasteiger partial charge is 0.322 e. The maximum atomic E-state index is 12.4. The molecule has 1 amide bonds. The minimum Gasteiger partial charge on any atom is -0.322 e. The lowest BCUT2D eigenvalue weighted by molar-refractivity contribution is 0.102. The van der Waals surface area contributed by atoms with Gasteiger partial charge < -0.3 is 5.32 Å². The summed E-state index contributed by atoms with van der Waals surface area (Å²) in [5, 5.41) is 2.80. The number of rotatable bonds is 6. The Morgan fingerprint density at radius 3 is 2.50 bits per heavy atom. The Kier molecular flexibility index (Phi) is 5.75. The van der Waals surface area contributed by atoms with Crippen molar-refractivity contribution in [3.8, 4) is 0 Å². The smallest absolute Gasteiger partial charge is 0.255 e. The summed E-state index contributed by atoms with van der Waals surface area (Å²) in [6, 6.07) is 13.3. The zero-order valence-electron chi connectivity index (χ0n) is 14.0. The van der Waals surface area contributed by atoms with Crippen LogP contribution in [0, 0.1) is 6.92 Å². The van der Waals surface area contributed by atoms with Gasteiger partial charge in [-0.15, -0.1) is 0 Å². The van der Waals surface area contributed by atoms with Crippen molar-refractivity contribution in [1.29, 1.82) is 0 Å². The van der Waals surface area contributed by atoms with E-state index in [0.29, 0.717) is 17.7 Å². The second kappa shape index (κ2) is 7.59. The highest BCUT2D eigenvalue weighted by atomic mass is 32.2. The molecule has 2 N–H and O–H groups in total. The predicted octanol–water partition coefficient (Wildman–Crippen LogP) is 3.32. The van der Waals surface area contributed by atoms with Gasteiger partial charge in [-0.05, 0) is 50.1 Å². The van der Waals surface area contributed by atoms with Gasteiger partial charge in [0.1, 0.15) is 0 Å². The van der Waals surface area contributed by atoms with E-state index in [0.717, 1.165) is 5.56 Å². The second-order valence-electron chi connectivity index (χ2n) is 5.73. The monoisotopic (exact) mass is 346 g/mol. The van der Waals surface area contributed by atoms with Gasteiger partial charge in [-0.1, -0.05) is 31.2 Å². The van der Waals surface area contributed by atoms with Crippen molar-refractivity contribution in [3.05, 3.63) is 59.7 Å². The quantitative estimate of drug-likeness (QED) is 0.842. The molecule has 0 aliphatic heterocycles. The van der Waals surface area contributed by atoms with Crippen molar-refractivity contribution < 1.29 is 13.2 Å². The molecule has 0 saturated carbocycles. The lowest BCUT2D eigenvalue weighted by atomic mass is 10.1. The van der Waals surface area contributed by atoms with E-state index in [9.17, 15) is 13.2 Å². The summed E-state index contributed by atoms with van der Waals surface area (Å²) < 4.78 is 27.3. The van der Waals surface area contributed by atoms with Crippen LogP contribution in [-0.2, 0) is 10.0 Å². The first-order chi connectivity index (χ1) is 11.3. The van der Waals surface area contributed by atoms with Crippen LogP contribution in [0.5, 0.6) is 0 Å². The highest BCUT2D eigenvalue weighted by molar-refractivity contribution is 7.89. The first kappa shape index (κ1) is 18.2. The number of anilines is 1. The van der Waals surface area contributed by atoms with Crippen LogP contribution in [0.3, 0.4) is 0 Å². The molecular weight excluding hydrogens is 324 g/mol. The summed E-state index contributed by atoms with van der Waals surface area (Å²) in [5.41, 5.74) is 1.94. The number of hydrogen-bond donors (Lipinski definition) is 2. The maximum absolute atomic E-state index is 12.4. The van der Waals surface area contributed by atoms with Crippen LogP contribution in [0.1, 0.15) is 36.2 Å². The second-order valence-corrected chi connectivity index (χ2v) is 7.44. The summed E-state index contributed by atoms with van der Waals surface area (Å²) in [6.45, 7) is 5.60.